The lowest BCUT2D eigenvalue weighted by Gasteiger charge is -2.50. The Morgan fingerprint density at radius 1 is 0.188 bits per heavy atom. The molecule has 0 radical (unpaired) electrons. The van der Waals surface area contributed by atoms with Gasteiger partial charge in [0, 0.05) is 0 Å². The molecule has 112 heavy (non-hydrogen) atoms. The highest BCUT2D eigenvalue weighted by Gasteiger charge is 2.65. The van der Waals surface area contributed by atoms with Crippen LogP contribution in [0.3, 0.4) is 0 Å². The van der Waals surface area contributed by atoms with Gasteiger partial charge in [0.2, 0.25) is 0 Å². The van der Waals surface area contributed by atoms with Gasteiger partial charge in [-0.3, -0.25) is 81.6 Å². The minimum absolute atomic E-state index is 0.309. The zero-order valence-electron chi connectivity index (χ0n) is 62.9. The molecular formula is C76H96O28P8. The SMILES string of the molecule is CCOP(=O)(CP(=O)(OCC)O[C@@H]1C(OP(=O)(OCc2ccccc2)OCc2ccccc2)[C@H](OP(=O)(CP(=O)(OCC)OCC)OCC)[C@H](OP(=O)(OCc2ccccc2)OCc2ccccc2)C(OP(=O)(OCc2ccccc2)OCc2ccccc2)[C@H]1OP(=O)(OCc1ccccc1)OCc1ccccc1)OCC. The molecule has 608 valence electrons. The maximum absolute atomic E-state index is 17.0. The second kappa shape index (κ2) is 44.9. The Hall–Kier alpha value is -5.20. The van der Waals surface area contributed by atoms with Crippen molar-refractivity contribution in [1.29, 1.82) is 0 Å². The summed E-state index contributed by atoms with van der Waals surface area (Å²) in [5.74, 6) is -2.56. The fourth-order valence-corrected chi connectivity index (χ4v) is 26.2. The third-order valence-electron chi connectivity index (χ3n) is 16.0. The van der Waals surface area contributed by atoms with Crippen molar-refractivity contribution in [1.82, 2.24) is 0 Å². The third kappa shape index (κ3) is 29.2. The Balaban J connectivity index is 1.44. The van der Waals surface area contributed by atoms with E-state index in [-0.39, 0.29) is 26.4 Å². The summed E-state index contributed by atoms with van der Waals surface area (Å²) in [5, 5.41) is 0. The van der Waals surface area contributed by atoms with Crippen LogP contribution in [-0.4, -0.2) is 88.1 Å². The first-order chi connectivity index (χ1) is 54.0. The lowest BCUT2D eigenvalue weighted by Crippen LogP contribution is -2.66. The minimum Gasteiger partial charge on any atom is -0.308 e. The molecule has 8 aromatic carbocycles. The average Bonchev–Trinajstić information content (AvgIpc) is 0.733. The van der Waals surface area contributed by atoms with Crippen LogP contribution in [0.1, 0.15) is 86.1 Å². The van der Waals surface area contributed by atoms with E-state index in [9.17, 15) is 0 Å². The topological polar surface area (TPSA) is 321 Å². The summed E-state index contributed by atoms with van der Waals surface area (Å²) in [6, 6.07) is 66.5. The molecule has 0 amide bonds. The summed E-state index contributed by atoms with van der Waals surface area (Å²) in [7, 11) is -43.0. The van der Waals surface area contributed by atoms with Crippen LogP contribution in [-0.2, 0) is 180 Å². The monoisotopic (exact) mass is 1700 g/mol. The van der Waals surface area contributed by atoms with E-state index in [0.29, 0.717) is 44.5 Å². The smallest absolute Gasteiger partial charge is 0.308 e. The summed E-state index contributed by atoms with van der Waals surface area (Å²) in [6.07, 6.45) is -16.4. The quantitative estimate of drug-likeness (QED) is 0.0320. The number of hydrogen-bond donors (Lipinski definition) is 0. The predicted molar refractivity (Wildman–Crippen MR) is 419 cm³/mol. The molecule has 1 saturated carbocycles. The van der Waals surface area contributed by atoms with Crippen LogP contribution >= 0.6 is 61.7 Å². The summed E-state index contributed by atoms with van der Waals surface area (Å²) in [5.41, 5.74) is 3.05. The van der Waals surface area contributed by atoms with Crippen LogP contribution in [0.2, 0.25) is 0 Å². The van der Waals surface area contributed by atoms with Gasteiger partial charge >= 0.3 is 61.7 Å². The van der Waals surface area contributed by atoms with Crippen LogP contribution in [0.4, 0.5) is 0 Å². The molecule has 8 atom stereocenters. The maximum atomic E-state index is 17.0. The van der Waals surface area contributed by atoms with Crippen LogP contribution < -0.4 is 0 Å². The molecule has 0 aliphatic heterocycles. The molecule has 28 nitrogen and oxygen atoms in total. The van der Waals surface area contributed by atoms with Crippen molar-refractivity contribution in [2.24, 2.45) is 0 Å². The van der Waals surface area contributed by atoms with Crippen molar-refractivity contribution < 1.29 is 127 Å². The highest BCUT2D eigenvalue weighted by molar-refractivity contribution is 7.72. The highest BCUT2D eigenvalue weighted by Crippen LogP contribution is 2.71. The van der Waals surface area contributed by atoms with E-state index in [1.807, 2.05) is 0 Å². The van der Waals surface area contributed by atoms with Crippen molar-refractivity contribution in [2.75, 3.05) is 51.4 Å². The van der Waals surface area contributed by atoms with E-state index in [1.54, 1.807) is 243 Å². The average molecular weight is 1710 g/mol. The van der Waals surface area contributed by atoms with Crippen LogP contribution in [0, 0.1) is 0 Å². The van der Waals surface area contributed by atoms with E-state index in [4.69, 9.17) is 90.5 Å². The lowest BCUT2D eigenvalue weighted by atomic mass is 9.85. The number of phosphoric acid groups is 4. The first kappa shape index (κ1) is 90.7. The molecule has 1 aliphatic rings. The molecule has 9 rings (SSSR count). The van der Waals surface area contributed by atoms with Crippen LogP contribution in [0.5, 0.6) is 0 Å². The van der Waals surface area contributed by atoms with Gasteiger partial charge in [-0.15, -0.1) is 0 Å². The summed E-state index contributed by atoms with van der Waals surface area (Å²) in [4.78, 5) is 0. The van der Waals surface area contributed by atoms with Gasteiger partial charge in [-0.1, -0.05) is 243 Å². The van der Waals surface area contributed by atoms with Crippen LogP contribution in [0.25, 0.3) is 0 Å². The van der Waals surface area contributed by atoms with Crippen molar-refractivity contribution in [3.8, 4) is 0 Å². The zero-order chi connectivity index (χ0) is 79.8. The van der Waals surface area contributed by atoms with Crippen molar-refractivity contribution >= 4 is 61.7 Å². The largest absolute Gasteiger partial charge is 0.475 e. The number of rotatable bonds is 52. The molecule has 1 aliphatic carbocycles. The fourth-order valence-electron chi connectivity index (χ4n) is 11.1. The van der Waals surface area contributed by atoms with E-state index in [2.05, 4.69) is 0 Å². The van der Waals surface area contributed by atoms with Gasteiger partial charge < -0.3 is 27.1 Å². The number of benzene rings is 8. The van der Waals surface area contributed by atoms with E-state index >= 15 is 36.5 Å². The molecule has 0 bridgehead atoms. The van der Waals surface area contributed by atoms with Gasteiger partial charge in [0.15, 0.2) is 11.8 Å². The second-order valence-electron chi connectivity index (χ2n) is 24.5. The Morgan fingerprint density at radius 3 is 0.464 bits per heavy atom. The van der Waals surface area contributed by atoms with Gasteiger partial charge in [0.05, 0.1) is 92.5 Å². The molecular weight excluding hydrogens is 1610 g/mol. The first-order valence-electron chi connectivity index (χ1n) is 36.2. The fraction of sp³-hybridized carbons (Fsp3) is 0.368. The Labute approximate surface area is 654 Å². The maximum Gasteiger partial charge on any atom is 0.475 e. The number of phosphoric ester groups is 4. The molecule has 0 heterocycles. The molecule has 4 unspecified atom stereocenters. The molecule has 1 fully saturated rings. The van der Waals surface area contributed by atoms with Crippen molar-refractivity contribution in [3.05, 3.63) is 287 Å². The van der Waals surface area contributed by atoms with Crippen molar-refractivity contribution in [3.63, 3.8) is 0 Å². The Bertz CT molecular complexity index is 4090. The van der Waals surface area contributed by atoms with Gasteiger partial charge in [-0.05, 0) is 86.1 Å². The van der Waals surface area contributed by atoms with E-state index in [1.165, 1.54) is 41.5 Å². The third-order valence-corrected chi connectivity index (χ3v) is 32.2. The Kier molecular flexibility index (Phi) is 36.4. The van der Waals surface area contributed by atoms with E-state index < -0.39 is 176 Å². The summed E-state index contributed by atoms with van der Waals surface area (Å²) >= 11 is 0. The van der Waals surface area contributed by atoms with Crippen molar-refractivity contribution in [2.45, 2.75) is 131 Å². The molecule has 0 saturated heterocycles. The zero-order valence-corrected chi connectivity index (χ0v) is 70.0. The molecule has 8 aromatic rings. The van der Waals surface area contributed by atoms with Gasteiger partial charge in [-0.25, -0.2) is 18.3 Å². The summed E-state index contributed by atoms with van der Waals surface area (Å²) in [6.45, 7) is 1.70. The minimum atomic E-state index is -5.64. The molecule has 36 heteroatoms. The summed E-state index contributed by atoms with van der Waals surface area (Å²) < 4.78 is 260. The molecule has 0 aromatic heterocycles. The van der Waals surface area contributed by atoms with Crippen LogP contribution in [0.15, 0.2) is 243 Å². The molecule has 0 N–H and O–H groups in total. The lowest BCUT2D eigenvalue weighted by molar-refractivity contribution is -0.204. The normalized spacial score (nSPS) is 18.4. The van der Waals surface area contributed by atoms with Gasteiger partial charge in [0.25, 0.3) is 0 Å². The first-order valence-corrected chi connectivity index (χ1v) is 48.9. The van der Waals surface area contributed by atoms with E-state index in [0.717, 1.165) is 0 Å². The highest BCUT2D eigenvalue weighted by atomic mass is 31.2. The number of hydrogen-bond acceptors (Lipinski definition) is 28. The van der Waals surface area contributed by atoms with Gasteiger partial charge in [-0.2, -0.15) is 0 Å². The predicted octanol–water partition coefficient (Wildman–Crippen LogP) is 21.4. The Morgan fingerprint density at radius 2 is 0.321 bits per heavy atom. The second-order valence-corrected chi connectivity index (χ2v) is 40.1. The molecule has 0 spiro atoms. The van der Waals surface area contributed by atoms with Gasteiger partial charge in [0.1, 0.15) is 36.6 Å². The standard InChI is InChI=1S/C76H96O28P8/c1-7-85-105(77,86-8-2)61-107(79,89-11-5)99-71-73(101-109(81,91-53-63-37-21-13-22-38-63)92-54-64-39-23-14-24-40-64)72(100-108(80,90-12-6)62-106(78,87-9-3)88-10-4)75(103-111(83,95-57-67-45-29-17-30-46-67)96-58-68-47-31-18-32-48-68)76(104-112(84,97-59-69-49-33-19-34-50-69)98-60-70-51-35-20-36-52-70)74(71)102-110(82,93-55-65-41-25-15-26-42-65)94-56-66-43-27-16-28-44-66/h13-52,71-76H,7-12,53-62H2,1-6H3/t71-,72+,73?,74-,75-,76?,107?,108?/m0/s1.